The molecule has 1 heterocycles. The second-order valence-electron chi connectivity index (χ2n) is 9.00. The maximum atomic E-state index is 12.3. The van der Waals surface area contributed by atoms with Crippen molar-refractivity contribution in [3.05, 3.63) is 65.5 Å². The Kier molecular flexibility index (Phi) is 4.74. The molecule has 3 aromatic rings. The maximum absolute atomic E-state index is 12.3. The molecule has 28 heavy (non-hydrogen) atoms. The van der Waals surface area contributed by atoms with Crippen molar-refractivity contribution in [1.82, 2.24) is 14.9 Å². The first-order valence-corrected chi connectivity index (χ1v) is 10.2. The van der Waals surface area contributed by atoms with Gasteiger partial charge in [-0.1, -0.05) is 57.2 Å². The number of benzene rings is 2. The van der Waals surface area contributed by atoms with Crippen LogP contribution in [0.15, 0.2) is 48.5 Å². The minimum atomic E-state index is -0.116. The summed E-state index contributed by atoms with van der Waals surface area (Å²) in [6, 6.07) is 16.9. The van der Waals surface area contributed by atoms with Crippen molar-refractivity contribution < 1.29 is 4.79 Å². The summed E-state index contributed by atoms with van der Waals surface area (Å²) < 4.78 is 2.24. The Morgan fingerprint density at radius 2 is 1.82 bits per heavy atom. The van der Waals surface area contributed by atoms with Crippen LogP contribution in [0.5, 0.6) is 0 Å². The van der Waals surface area contributed by atoms with Crippen LogP contribution in [0, 0.1) is 5.92 Å². The molecule has 2 aromatic carbocycles. The molecule has 1 aliphatic rings. The molecule has 1 aromatic heterocycles. The Bertz CT molecular complexity index is 991. The predicted octanol–water partition coefficient (Wildman–Crippen LogP) is 4.97. The van der Waals surface area contributed by atoms with E-state index in [9.17, 15) is 4.79 Å². The lowest BCUT2D eigenvalue weighted by atomic mass is 9.87. The average Bonchev–Trinajstić information content (AvgIpc) is 3.44. The van der Waals surface area contributed by atoms with Crippen LogP contribution in [0.1, 0.15) is 63.5 Å². The number of hydrogen-bond donors (Lipinski definition) is 1. The van der Waals surface area contributed by atoms with Gasteiger partial charge in [-0.25, -0.2) is 4.98 Å². The fraction of sp³-hybridized carbons (Fsp3) is 0.417. The summed E-state index contributed by atoms with van der Waals surface area (Å²) in [5.74, 6) is 1.26. The highest BCUT2D eigenvalue weighted by Gasteiger charge is 2.31. The van der Waals surface area contributed by atoms with Gasteiger partial charge in [-0.3, -0.25) is 4.79 Å². The number of rotatable bonds is 5. The number of nitrogens with zero attached hydrogens (tertiary/aromatic N) is 2. The molecule has 0 aliphatic heterocycles. The number of aromatic nitrogens is 2. The summed E-state index contributed by atoms with van der Waals surface area (Å²) in [6.45, 7) is 9.46. The molecular weight excluding hydrogens is 346 g/mol. The van der Waals surface area contributed by atoms with Crippen LogP contribution in [-0.4, -0.2) is 15.5 Å². The Morgan fingerprint density at radius 3 is 2.46 bits per heavy atom. The fourth-order valence-corrected chi connectivity index (χ4v) is 3.62. The number of fused-ring (bicyclic) bond motifs is 1. The van der Waals surface area contributed by atoms with Crippen molar-refractivity contribution in [2.75, 3.05) is 0 Å². The second-order valence-corrected chi connectivity index (χ2v) is 9.00. The first kappa shape index (κ1) is 18.7. The number of para-hydroxylation sites is 2. The van der Waals surface area contributed by atoms with Crippen LogP contribution < -0.4 is 5.32 Å². The molecule has 0 saturated heterocycles. The van der Waals surface area contributed by atoms with Crippen LogP contribution >= 0.6 is 0 Å². The zero-order valence-corrected chi connectivity index (χ0v) is 17.2. The molecule has 1 unspecified atom stereocenters. The predicted molar refractivity (Wildman–Crippen MR) is 113 cm³/mol. The topological polar surface area (TPSA) is 46.9 Å². The summed E-state index contributed by atoms with van der Waals surface area (Å²) in [5, 5.41) is 3.15. The number of nitrogens with one attached hydrogen (secondary N) is 1. The minimum Gasteiger partial charge on any atom is -0.346 e. The van der Waals surface area contributed by atoms with Crippen LogP contribution in [0.3, 0.4) is 0 Å². The number of carbonyl (C=O) groups excluding carboxylic acids is 1. The Labute approximate surface area is 167 Å². The fourth-order valence-electron chi connectivity index (χ4n) is 3.62. The molecule has 1 fully saturated rings. The van der Waals surface area contributed by atoms with Crippen molar-refractivity contribution in [2.24, 2.45) is 5.92 Å². The zero-order valence-electron chi connectivity index (χ0n) is 17.2. The van der Waals surface area contributed by atoms with Crippen LogP contribution in [-0.2, 0) is 16.8 Å². The van der Waals surface area contributed by atoms with E-state index >= 15 is 0 Å². The van der Waals surface area contributed by atoms with E-state index in [-0.39, 0.29) is 23.3 Å². The van der Waals surface area contributed by atoms with Gasteiger partial charge in [0, 0.05) is 12.5 Å². The zero-order chi connectivity index (χ0) is 19.9. The van der Waals surface area contributed by atoms with Gasteiger partial charge in [0.25, 0.3) is 0 Å². The highest BCUT2D eigenvalue weighted by atomic mass is 16.2. The molecular formula is C24H29N3O. The van der Waals surface area contributed by atoms with Crippen LogP contribution in [0.4, 0.5) is 0 Å². The van der Waals surface area contributed by atoms with Crippen molar-refractivity contribution in [1.29, 1.82) is 0 Å². The highest BCUT2D eigenvalue weighted by Crippen LogP contribution is 2.30. The average molecular weight is 376 g/mol. The smallest absolute Gasteiger partial charge is 0.223 e. The van der Waals surface area contributed by atoms with Crippen LogP contribution in [0.2, 0.25) is 0 Å². The van der Waals surface area contributed by atoms with Gasteiger partial charge >= 0.3 is 0 Å². The minimum absolute atomic E-state index is 0.116. The highest BCUT2D eigenvalue weighted by molar-refractivity contribution is 5.81. The third-order valence-corrected chi connectivity index (χ3v) is 5.54. The molecule has 0 radical (unpaired) electrons. The molecule has 146 valence electrons. The van der Waals surface area contributed by atoms with Gasteiger partial charge in [0.1, 0.15) is 5.82 Å². The summed E-state index contributed by atoms with van der Waals surface area (Å²) in [4.78, 5) is 17.1. The van der Waals surface area contributed by atoms with E-state index in [1.807, 2.05) is 25.1 Å². The Hall–Kier alpha value is -2.62. The van der Waals surface area contributed by atoms with Gasteiger partial charge in [-0.05, 0) is 48.4 Å². The van der Waals surface area contributed by atoms with Gasteiger partial charge in [0.05, 0.1) is 17.1 Å². The third kappa shape index (κ3) is 3.82. The maximum Gasteiger partial charge on any atom is 0.223 e. The van der Waals surface area contributed by atoms with E-state index in [0.29, 0.717) is 0 Å². The number of carbonyl (C=O) groups is 1. The van der Waals surface area contributed by atoms with Crippen molar-refractivity contribution in [3.63, 3.8) is 0 Å². The molecule has 1 amide bonds. The van der Waals surface area contributed by atoms with Gasteiger partial charge in [-0.2, -0.15) is 0 Å². The number of amides is 1. The summed E-state index contributed by atoms with van der Waals surface area (Å²) >= 11 is 0. The van der Waals surface area contributed by atoms with E-state index in [1.54, 1.807) is 0 Å². The molecule has 4 heteroatoms. The molecule has 0 spiro atoms. The van der Waals surface area contributed by atoms with E-state index in [1.165, 1.54) is 11.1 Å². The van der Waals surface area contributed by atoms with Gasteiger partial charge in [0.2, 0.25) is 5.91 Å². The van der Waals surface area contributed by atoms with E-state index in [2.05, 4.69) is 61.0 Å². The Morgan fingerprint density at radius 1 is 1.14 bits per heavy atom. The van der Waals surface area contributed by atoms with Gasteiger partial charge in [-0.15, -0.1) is 0 Å². The largest absolute Gasteiger partial charge is 0.346 e. The second kappa shape index (κ2) is 7.08. The molecule has 1 N–H and O–H groups in total. The lowest BCUT2D eigenvalue weighted by Crippen LogP contribution is -2.29. The first-order valence-electron chi connectivity index (χ1n) is 10.2. The van der Waals surface area contributed by atoms with Gasteiger partial charge < -0.3 is 9.88 Å². The molecule has 4 nitrogen and oxygen atoms in total. The van der Waals surface area contributed by atoms with E-state index in [0.717, 1.165) is 36.2 Å². The van der Waals surface area contributed by atoms with Crippen molar-refractivity contribution >= 4 is 16.9 Å². The summed E-state index contributed by atoms with van der Waals surface area (Å²) in [6.07, 6.45) is 2.02. The van der Waals surface area contributed by atoms with E-state index in [4.69, 9.17) is 4.98 Å². The molecule has 1 atom stereocenters. The van der Waals surface area contributed by atoms with Crippen LogP contribution in [0.25, 0.3) is 11.0 Å². The molecule has 1 saturated carbocycles. The summed E-state index contributed by atoms with van der Waals surface area (Å²) in [5.41, 5.74) is 4.78. The lowest BCUT2D eigenvalue weighted by molar-refractivity contribution is -0.123. The monoisotopic (exact) mass is 375 g/mol. The normalized spacial score (nSPS) is 15.6. The standard InChI is InChI=1S/C24H29N3O/c1-16(25-23(28)18-11-12-18)22-26-20-7-5-6-8-21(20)27(22)15-17-9-13-19(14-10-17)24(2,3)4/h5-10,13-14,16,18H,11-12,15H2,1-4H3,(H,25,28). The Balaban J connectivity index is 1.65. The number of hydrogen-bond acceptors (Lipinski definition) is 2. The SMILES string of the molecule is CC(NC(=O)C1CC1)c1nc2ccccc2n1Cc1ccc(C(C)(C)C)cc1. The summed E-state index contributed by atoms with van der Waals surface area (Å²) in [7, 11) is 0. The number of imidazole rings is 1. The van der Waals surface area contributed by atoms with E-state index < -0.39 is 0 Å². The van der Waals surface area contributed by atoms with Gasteiger partial charge in [0.15, 0.2) is 0 Å². The first-order chi connectivity index (χ1) is 13.3. The molecule has 0 bridgehead atoms. The van der Waals surface area contributed by atoms with Crippen molar-refractivity contribution in [3.8, 4) is 0 Å². The quantitative estimate of drug-likeness (QED) is 0.684. The molecule has 1 aliphatic carbocycles. The lowest BCUT2D eigenvalue weighted by Gasteiger charge is -2.20. The van der Waals surface area contributed by atoms with Crippen molar-refractivity contribution in [2.45, 2.75) is 58.5 Å². The third-order valence-electron chi connectivity index (χ3n) is 5.54. The molecule has 4 rings (SSSR count).